The number of ether oxygens (including phenoxy) is 1. The molecule has 2 heterocycles. The predicted octanol–water partition coefficient (Wildman–Crippen LogP) is 5.27. The Labute approximate surface area is 131 Å². The summed E-state index contributed by atoms with van der Waals surface area (Å²) in [5.41, 5.74) is 3.73. The second-order valence-electron chi connectivity index (χ2n) is 7.39. The first kappa shape index (κ1) is 13.6. The van der Waals surface area contributed by atoms with E-state index in [9.17, 15) is 0 Å². The van der Waals surface area contributed by atoms with Gasteiger partial charge in [0, 0.05) is 33.8 Å². The Morgan fingerprint density at radius 1 is 1.23 bits per heavy atom. The van der Waals surface area contributed by atoms with Crippen LogP contribution in [0.4, 0.5) is 0 Å². The Hall–Kier alpha value is -2.09. The smallest absolute Gasteiger partial charge is 0.136 e. The molecule has 1 aliphatic carbocycles. The van der Waals surface area contributed by atoms with Crippen molar-refractivity contribution in [3.05, 3.63) is 53.6 Å². The van der Waals surface area contributed by atoms with Crippen LogP contribution in [0.5, 0.6) is 5.75 Å². The number of allylic oxidation sites excluding steroid dienone is 3. The van der Waals surface area contributed by atoms with Crippen LogP contribution in [0.25, 0.3) is 16.3 Å². The van der Waals surface area contributed by atoms with Crippen LogP contribution in [0.2, 0.25) is 0 Å². The van der Waals surface area contributed by atoms with Crippen LogP contribution in [0.15, 0.2) is 42.3 Å². The minimum atomic E-state index is 0.253. The second-order valence-corrected chi connectivity index (χ2v) is 7.39. The molecule has 0 fully saturated rings. The first-order valence-electron chi connectivity index (χ1n) is 7.94. The zero-order valence-corrected chi connectivity index (χ0v) is 13.6. The van der Waals surface area contributed by atoms with Crippen LogP contribution < -0.4 is 4.74 Å². The quantitative estimate of drug-likeness (QED) is 0.659. The highest BCUT2D eigenvalue weighted by Gasteiger charge is 2.31. The largest absolute Gasteiger partial charge is 0.456 e. The highest BCUT2D eigenvalue weighted by atomic mass is 16.5. The summed E-state index contributed by atoms with van der Waals surface area (Å²) >= 11 is 0. The first-order valence-corrected chi connectivity index (χ1v) is 7.94. The number of aromatic nitrogens is 1. The zero-order valence-electron chi connectivity index (χ0n) is 13.6. The molecule has 0 spiro atoms. The monoisotopic (exact) mass is 291 g/mol. The summed E-state index contributed by atoms with van der Waals surface area (Å²) in [6, 6.07) is 6.23. The lowest BCUT2D eigenvalue weighted by Crippen LogP contribution is -2.22. The maximum atomic E-state index is 6.19. The summed E-state index contributed by atoms with van der Waals surface area (Å²) in [4.78, 5) is 4.61. The number of rotatable bonds is 0. The van der Waals surface area contributed by atoms with E-state index in [-0.39, 0.29) is 5.41 Å². The van der Waals surface area contributed by atoms with Gasteiger partial charge in [-0.05, 0) is 36.8 Å². The van der Waals surface area contributed by atoms with Gasteiger partial charge in [-0.1, -0.05) is 39.0 Å². The van der Waals surface area contributed by atoms with Crippen molar-refractivity contribution in [2.75, 3.05) is 0 Å². The Kier molecular flexibility index (Phi) is 2.75. The van der Waals surface area contributed by atoms with Crippen molar-refractivity contribution >= 4 is 16.3 Å². The minimum Gasteiger partial charge on any atom is -0.456 e. The number of benzene rings is 1. The molecule has 0 bridgehead atoms. The fraction of sp³-hybridized carbons (Fsp3) is 0.350. The van der Waals surface area contributed by atoms with Crippen LogP contribution in [0.3, 0.4) is 0 Å². The molecular weight excluding hydrogens is 270 g/mol. The van der Waals surface area contributed by atoms with Gasteiger partial charge in [-0.25, -0.2) is 0 Å². The number of aryl methyl sites for hydroxylation is 1. The molecule has 0 saturated heterocycles. The van der Waals surface area contributed by atoms with Crippen LogP contribution in [0.1, 0.15) is 38.4 Å². The zero-order chi connectivity index (χ0) is 15.5. The van der Waals surface area contributed by atoms with E-state index in [2.05, 4.69) is 57.0 Å². The normalized spacial score (nSPS) is 20.1. The average molecular weight is 291 g/mol. The maximum absolute atomic E-state index is 6.19. The molecule has 1 aromatic carbocycles. The second kappa shape index (κ2) is 4.45. The average Bonchev–Trinajstić information content (AvgIpc) is 2.48. The topological polar surface area (TPSA) is 22.1 Å². The van der Waals surface area contributed by atoms with Crippen molar-refractivity contribution in [2.45, 2.75) is 34.1 Å². The highest BCUT2D eigenvalue weighted by molar-refractivity contribution is 6.03. The van der Waals surface area contributed by atoms with Gasteiger partial charge in [0.25, 0.3) is 0 Å². The van der Waals surface area contributed by atoms with Gasteiger partial charge in [-0.3, -0.25) is 4.98 Å². The van der Waals surface area contributed by atoms with Gasteiger partial charge in [0.2, 0.25) is 0 Å². The van der Waals surface area contributed by atoms with Crippen LogP contribution in [-0.4, -0.2) is 4.98 Å². The van der Waals surface area contributed by atoms with Crippen molar-refractivity contribution in [3.8, 4) is 5.75 Å². The number of hydrogen-bond acceptors (Lipinski definition) is 2. The van der Waals surface area contributed by atoms with Gasteiger partial charge in [-0.15, -0.1) is 0 Å². The molecule has 0 saturated carbocycles. The van der Waals surface area contributed by atoms with Crippen molar-refractivity contribution in [1.82, 2.24) is 4.98 Å². The van der Waals surface area contributed by atoms with E-state index in [4.69, 9.17) is 4.74 Å². The lowest BCUT2D eigenvalue weighted by atomic mass is 9.74. The molecule has 2 nitrogen and oxygen atoms in total. The summed E-state index contributed by atoms with van der Waals surface area (Å²) in [6.07, 6.45) is 7.67. The Morgan fingerprint density at radius 3 is 2.82 bits per heavy atom. The third-order valence-corrected chi connectivity index (χ3v) is 4.89. The third-order valence-electron chi connectivity index (χ3n) is 4.89. The molecule has 0 amide bonds. The summed E-state index contributed by atoms with van der Waals surface area (Å²) in [5, 5.41) is 2.39. The molecule has 22 heavy (non-hydrogen) atoms. The predicted molar refractivity (Wildman–Crippen MR) is 90.7 cm³/mol. The van der Waals surface area contributed by atoms with Gasteiger partial charge >= 0.3 is 0 Å². The van der Waals surface area contributed by atoms with Gasteiger partial charge in [0.15, 0.2) is 0 Å². The Balaban J connectivity index is 1.98. The lowest BCUT2D eigenvalue weighted by Gasteiger charge is -2.33. The molecule has 2 aromatic rings. The maximum Gasteiger partial charge on any atom is 0.136 e. The van der Waals surface area contributed by atoms with Crippen molar-refractivity contribution in [1.29, 1.82) is 0 Å². The van der Waals surface area contributed by atoms with E-state index < -0.39 is 0 Å². The molecule has 1 aromatic heterocycles. The summed E-state index contributed by atoms with van der Waals surface area (Å²) in [5.74, 6) is 2.47. The molecule has 4 rings (SSSR count). The Morgan fingerprint density at radius 2 is 2.05 bits per heavy atom. The van der Waals surface area contributed by atoms with Crippen molar-refractivity contribution in [3.63, 3.8) is 0 Å². The van der Waals surface area contributed by atoms with Gasteiger partial charge in [-0.2, -0.15) is 0 Å². The van der Waals surface area contributed by atoms with Gasteiger partial charge < -0.3 is 4.74 Å². The molecule has 0 radical (unpaired) electrons. The molecule has 2 aliphatic rings. The molecule has 1 aliphatic heterocycles. The fourth-order valence-corrected chi connectivity index (χ4v) is 3.43. The van der Waals surface area contributed by atoms with E-state index in [1.165, 1.54) is 21.9 Å². The number of nitrogens with zero attached hydrogens (tertiary/aromatic N) is 1. The summed E-state index contributed by atoms with van der Waals surface area (Å²) < 4.78 is 6.19. The van der Waals surface area contributed by atoms with E-state index >= 15 is 0 Å². The lowest BCUT2D eigenvalue weighted by molar-refractivity contribution is 0.289. The van der Waals surface area contributed by atoms with E-state index in [1.54, 1.807) is 0 Å². The van der Waals surface area contributed by atoms with Crippen molar-refractivity contribution in [2.24, 2.45) is 11.3 Å². The SMILES string of the molecule is Cc1ncc2c3c(cccc13)OC1=CCC(C(C)(C)C)C=C12. The van der Waals surface area contributed by atoms with Crippen LogP contribution >= 0.6 is 0 Å². The summed E-state index contributed by atoms with van der Waals surface area (Å²) in [6.45, 7) is 8.96. The van der Waals surface area contributed by atoms with E-state index in [0.29, 0.717) is 5.92 Å². The third kappa shape index (κ3) is 1.90. The standard InChI is InChI=1S/C20H21NO/c1-12-14-6-5-7-18-19(14)16(11-21-12)15-10-13(20(2,3)4)8-9-17(15)22-18/h5-7,9-11,13H,8H2,1-4H3. The van der Waals surface area contributed by atoms with Crippen LogP contribution in [0, 0.1) is 18.3 Å². The van der Waals surface area contributed by atoms with Gasteiger partial charge in [0.1, 0.15) is 11.5 Å². The molecular formula is C20H21NO. The number of hydrogen-bond donors (Lipinski definition) is 0. The van der Waals surface area contributed by atoms with E-state index in [0.717, 1.165) is 23.6 Å². The van der Waals surface area contributed by atoms with Crippen molar-refractivity contribution < 1.29 is 4.74 Å². The fourth-order valence-electron chi connectivity index (χ4n) is 3.43. The number of fused-ring (bicyclic) bond motifs is 2. The molecule has 1 atom stereocenters. The van der Waals surface area contributed by atoms with E-state index in [1.807, 2.05) is 12.3 Å². The molecule has 1 unspecified atom stereocenters. The highest BCUT2D eigenvalue weighted by Crippen LogP contribution is 2.46. The molecule has 0 N–H and O–H groups in total. The first-order chi connectivity index (χ1) is 10.4. The van der Waals surface area contributed by atoms with Gasteiger partial charge in [0.05, 0.1) is 0 Å². The van der Waals surface area contributed by atoms with Crippen LogP contribution in [-0.2, 0) is 0 Å². The Bertz CT molecular complexity index is 837. The number of pyridine rings is 1. The molecule has 2 heteroatoms. The minimum absolute atomic E-state index is 0.253. The molecule has 112 valence electrons. The summed E-state index contributed by atoms with van der Waals surface area (Å²) in [7, 11) is 0.